The zero-order valence-electron chi connectivity index (χ0n) is 20.4. The molecule has 5 rings (SSSR count). The molecule has 3 heterocycles. The molecule has 2 aliphatic rings. The fraction of sp³-hybridized carbons (Fsp3) is 0.321. The Balaban J connectivity index is 1.79. The van der Waals surface area contributed by atoms with Crippen LogP contribution in [0.25, 0.3) is 10.9 Å². The monoisotopic (exact) mass is 473 g/mol. The van der Waals surface area contributed by atoms with Gasteiger partial charge >= 0.3 is 5.97 Å². The van der Waals surface area contributed by atoms with Gasteiger partial charge in [0.15, 0.2) is 5.76 Å². The van der Waals surface area contributed by atoms with Crippen LogP contribution in [0.4, 0.5) is 0 Å². The molecule has 1 aromatic heterocycles. The second-order valence-corrected chi connectivity index (χ2v) is 9.68. The maximum absolute atomic E-state index is 13.9. The highest BCUT2D eigenvalue weighted by Crippen LogP contribution is 2.48. The summed E-state index contributed by atoms with van der Waals surface area (Å²) in [6, 6.07) is 10.6. The molecule has 0 spiro atoms. The van der Waals surface area contributed by atoms with Crippen molar-refractivity contribution < 1.29 is 23.8 Å². The number of carbonyl (C=O) groups is 2. The molecule has 0 radical (unpaired) electrons. The molecule has 2 aromatic carbocycles. The number of Topliss-reactive ketones (excluding diaryl/α,β-unsaturated/α-hetero) is 1. The second-order valence-electron chi connectivity index (χ2n) is 9.68. The molecule has 0 saturated carbocycles. The highest BCUT2D eigenvalue weighted by molar-refractivity contribution is 6.13. The van der Waals surface area contributed by atoms with Crippen LogP contribution in [0.5, 0.6) is 17.2 Å². The Hall–Kier alpha value is -3.87. The van der Waals surface area contributed by atoms with E-state index in [0.29, 0.717) is 40.5 Å². The smallest absolute Gasteiger partial charge is 0.312 e. The van der Waals surface area contributed by atoms with E-state index in [-0.39, 0.29) is 29.4 Å². The molecule has 7 heteroatoms. The van der Waals surface area contributed by atoms with E-state index in [2.05, 4.69) is 13.8 Å². The van der Waals surface area contributed by atoms with E-state index in [1.807, 2.05) is 38.1 Å². The average molecular weight is 474 g/mol. The van der Waals surface area contributed by atoms with E-state index in [1.54, 1.807) is 23.8 Å². The minimum absolute atomic E-state index is 0.0302. The molecule has 7 nitrogen and oxygen atoms in total. The minimum Gasteiger partial charge on any atom is -0.497 e. The first-order valence-corrected chi connectivity index (χ1v) is 11.7. The van der Waals surface area contributed by atoms with Gasteiger partial charge in [0.1, 0.15) is 17.2 Å². The van der Waals surface area contributed by atoms with Gasteiger partial charge in [0.05, 0.1) is 24.6 Å². The van der Waals surface area contributed by atoms with Crippen molar-refractivity contribution in [2.24, 2.45) is 5.92 Å². The predicted octanol–water partition coefficient (Wildman–Crippen LogP) is 4.98. The summed E-state index contributed by atoms with van der Waals surface area (Å²) in [6.45, 7) is 8.24. The summed E-state index contributed by atoms with van der Waals surface area (Å²) >= 11 is 0. The van der Waals surface area contributed by atoms with Gasteiger partial charge in [0, 0.05) is 29.0 Å². The van der Waals surface area contributed by atoms with Crippen LogP contribution in [0.1, 0.15) is 61.5 Å². The fourth-order valence-corrected chi connectivity index (χ4v) is 4.90. The van der Waals surface area contributed by atoms with Gasteiger partial charge in [-0.15, -0.1) is 0 Å². The lowest BCUT2D eigenvalue weighted by Crippen LogP contribution is -2.31. The van der Waals surface area contributed by atoms with Crippen molar-refractivity contribution in [1.82, 2.24) is 4.57 Å². The number of fused-ring (bicyclic) bond motifs is 4. The summed E-state index contributed by atoms with van der Waals surface area (Å²) in [6.07, 6.45) is -0.0302. The van der Waals surface area contributed by atoms with Crippen LogP contribution in [0.2, 0.25) is 0 Å². The minimum atomic E-state index is -0.618. The van der Waals surface area contributed by atoms with E-state index < -0.39 is 11.9 Å². The largest absolute Gasteiger partial charge is 0.497 e. The van der Waals surface area contributed by atoms with E-state index in [9.17, 15) is 14.4 Å². The molecular formula is C28H27NO6. The first-order valence-electron chi connectivity index (χ1n) is 11.7. The third-order valence-electron chi connectivity index (χ3n) is 6.46. The zero-order valence-corrected chi connectivity index (χ0v) is 20.4. The third-order valence-corrected chi connectivity index (χ3v) is 6.46. The van der Waals surface area contributed by atoms with Crippen LogP contribution in [0.15, 0.2) is 52.5 Å². The highest BCUT2D eigenvalue weighted by Gasteiger charge is 2.40. The molecule has 0 unspecified atom stereocenters. The number of aromatic nitrogens is 1. The Bertz CT molecular complexity index is 1490. The molecule has 0 amide bonds. The number of benzene rings is 2. The number of pyridine rings is 1. The molecule has 3 aromatic rings. The van der Waals surface area contributed by atoms with E-state index in [1.165, 1.54) is 0 Å². The summed E-state index contributed by atoms with van der Waals surface area (Å²) in [5, 5.41) is 0.828. The van der Waals surface area contributed by atoms with Gasteiger partial charge in [-0.05, 0) is 61.7 Å². The Labute approximate surface area is 202 Å². The van der Waals surface area contributed by atoms with Gasteiger partial charge in [-0.2, -0.15) is 0 Å². The number of nitrogens with zero attached hydrogens (tertiary/aromatic N) is 1. The molecule has 0 bridgehead atoms. The fourth-order valence-electron chi connectivity index (χ4n) is 4.90. The maximum atomic E-state index is 13.9. The van der Waals surface area contributed by atoms with E-state index in [0.717, 1.165) is 16.5 Å². The molecule has 0 N–H and O–H groups in total. The summed E-state index contributed by atoms with van der Waals surface area (Å²) in [4.78, 5) is 39.5. The normalized spacial score (nSPS) is 16.7. The van der Waals surface area contributed by atoms with Crippen LogP contribution < -0.4 is 19.8 Å². The Morgan fingerprint density at radius 2 is 1.86 bits per heavy atom. The van der Waals surface area contributed by atoms with Crippen LogP contribution >= 0.6 is 0 Å². The van der Waals surface area contributed by atoms with Gasteiger partial charge in [-0.1, -0.05) is 13.8 Å². The number of allylic oxidation sites excluding steroid dienone is 2. The zero-order chi connectivity index (χ0) is 25.0. The number of hydrogen-bond acceptors (Lipinski definition) is 6. The molecule has 1 atom stereocenters. The lowest BCUT2D eigenvalue weighted by Gasteiger charge is -2.27. The number of ether oxygens (including phenoxy) is 3. The van der Waals surface area contributed by atoms with Crippen molar-refractivity contribution in [3.05, 3.63) is 74.8 Å². The van der Waals surface area contributed by atoms with Crippen molar-refractivity contribution in [3.8, 4) is 17.2 Å². The maximum Gasteiger partial charge on any atom is 0.312 e. The lowest BCUT2D eigenvalue weighted by molar-refractivity contribution is -0.135. The third kappa shape index (κ3) is 3.71. The molecule has 35 heavy (non-hydrogen) atoms. The summed E-state index contributed by atoms with van der Waals surface area (Å²) in [5.41, 5.74) is 2.80. The number of ketones is 1. The average Bonchev–Trinajstić information content (AvgIpc) is 3.16. The molecule has 0 aliphatic carbocycles. The summed E-state index contributed by atoms with van der Waals surface area (Å²) < 4.78 is 18.7. The Morgan fingerprint density at radius 3 is 2.54 bits per heavy atom. The first-order chi connectivity index (χ1) is 16.7. The lowest BCUT2D eigenvalue weighted by atomic mass is 9.84. The number of hydrogen-bond donors (Lipinski definition) is 0. The number of methoxy groups -OCH3 is 1. The second kappa shape index (κ2) is 8.41. The number of carbonyl (C=O) groups excluding carboxylic acids is 2. The van der Waals surface area contributed by atoms with Crippen LogP contribution in [0.3, 0.4) is 0 Å². The van der Waals surface area contributed by atoms with Gasteiger partial charge in [-0.3, -0.25) is 14.4 Å². The summed E-state index contributed by atoms with van der Waals surface area (Å²) in [5.74, 6) is 0.576. The molecular weight excluding hydrogens is 446 g/mol. The first kappa shape index (κ1) is 22.9. The topological polar surface area (TPSA) is 83.8 Å². The van der Waals surface area contributed by atoms with Crippen molar-refractivity contribution in [3.63, 3.8) is 0 Å². The van der Waals surface area contributed by atoms with Crippen molar-refractivity contribution in [2.45, 2.75) is 46.6 Å². The standard InChI is InChI=1S/C28H27NO6/c1-14(2)13-29-21-8-6-17(33-5)10-16(21)11-20(28(29)32)19-12-23(30)34-22-9-7-18-25(31)26(15(3)4)35-27(18)24(19)22/h6-11,14,19H,12-13H2,1-5H3/t19-/m1/s1. The van der Waals surface area contributed by atoms with Crippen molar-refractivity contribution >= 4 is 22.7 Å². The number of esters is 1. The molecule has 2 aliphatic heterocycles. The van der Waals surface area contributed by atoms with Crippen LogP contribution in [-0.2, 0) is 11.3 Å². The van der Waals surface area contributed by atoms with Gasteiger partial charge in [0.2, 0.25) is 5.78 Å². The molecule has 180 valence electrons. The van der Waals surface area contributed by atoms with Gasteiger partial charge in [0.25, 0.3) is 5.56 Å². The summed E-state index contributed by atoms with van der Waals surface area (Å²) in [7, 11) is 1.60. The van der Waals surface area contributed by atoms with Crippen LogP contribution in [-0.4, -0.2) is 23.4 Å². The van der Waals surface area contributed by atoms with Crippen molar-refractivity contribution in [2.75, 3.05) is 7.11 Å². The predicted molar refractivity (Wildman–Crippen MR) is 131 cm³/mol. The van der Waals surface area contributed by atoms with E-state index in [4.69, 9.17) is 14.2 Å². The van der Waals surface area contributed by atoms with Gasteiger partial charge < -0.3 is 18.8 Å². The quantitative estimate of drug-likeness (QED) is 0.302. The Morgan fingerprint density at radius 1 is 1.09 bits per heavy atom. The van der Waals surface area contributed by atoms with Gasteiger partial charge in [-0.25, -0.2) is 0 Å². The number of rotatable bonds is 4. The SMILES string of the molecule is COc1ccc2c(c1)cc([C@H]1CC(=O)Oc3ccc4c(c31)OC(=C(C)C)C4=O)c(=O)n2CC(C)C. The molecule has 0 saturated heterocycles. The van der Waals surface area contributed by atoms with Crippen LogP contribution in [0, 0.1) is 5.92 Å². The molecule has 0 fully saturated rings. The van der Waals surface area contributed by atoms with Crippen molar-refractivity contribution in [1.29, 1.82) is 0 Å². The Kier molecular flexibility index (Phi) is 5.50. The highest BCUT2D eigenvalue weighted by atomic mass is 16.5. The van der Waals surface area contributed by atoms with E-state index >= 15 is 0 Å².